The minimum atomic E-state index is 0.730. The van der Waals surface area contributed by atoms with Crippen LogP contribution in [0.25, 0.3) is 0 Å². The molecular weight excluding hydrogens is 136 g/mol. The van der Waals surface area contributed by atoms with Gasteiger partial charge in [-0.05, 0) is 13.3 Å². The van der Waals surface area contributed by atoms with Crippen LogP contribution >= 0.6 is 23.5 Å². The highest BCUT2D eigenvalue weighted by molar-refractivity contribution is 8.08. The van der Waals surface area contributed by atoms with Gasteiger partial charge in [-0.25, -0.2) is 0 Å². The van der Waals surface area contributed by atoms with Crippen molar-refractivity contribution in [3.63, 3.8) is 0 Å². The van der Waals surface area contributed by atoms with E-state index in [1.165, 1.54) is 17.9 Å². The molecule has 0 spiro atoms. The summed E-state index contributed by atoms with van der Waals surface area (Å²) in [5.74, 6) is 2.86. The largest absolute Gasteiger partial charge is 0.157 e. The maximum absolute atomic E-state index is 2.39. The standard InChI is InChI=1S/C6H10S2/c1-6(4-8-6)2-5-3-7-5/h5H,2-4H2,1H3. The molecule has 0 nitrogen and oxygen atoms in total. The maximum Gasteiger partial charge on any atom is 0.0233 e. The van der Waals surface area contributed by atoms with Gasteiger partial charge in [0.25, 0.3) is 0 Å². The predicted octanol–water partition coefficient (Wildman–Crippen LogP) is 2.00. The first kappa shape index (κ1) is 5.48. The van der Waals surface area contributed by atoms with E-state index in [1.807, 2.05) is 0 Å². The molecule has 0 aromatic rings. The van der Waals surface area contributed by atoms with Gasteiger partial charge in [0.2, 0.25) is 0 Å². The Balaban J connectivity index is 1.81. The number of hydrogen-bond acceptors (Lipinski definition) is 2. The summed E-state index contributed by atoms with van der Waals surface area (Å²) in [6, 6.07) is 0. The first-order chi connectivity index (χ1) is 3.79. The normalized spacial score (nSPS) is 51.4. The van der Waals surface area contributed by atoms with Crippen molar-refractivity contribution in [3.8, 4) is 0 Å². The molecule has 0 saturated carbocycles. The van der Waals surface area contributed by atoms with Crippen LogP contribution in [0.1, 0.15) is 13.3 Å². The first-order valence-corrected chi connectivity index (χ1v) is 5.08. The van der Waals surface area contributed by atoms with Crippen molar-refractivity contribution in [2.45, 2.75) is 23.3 Å². The van der Waals surface area contributed by atoms with E-state index in [4.69, 9.17) is 0 Å². The van der Waals surface area contributed by atoms with Gasteiger partial charge >= 0.3 is 0 Å². The summed E-state index contributed by atoms with van der Waals surface area (Å²) >= 11 is 4.25. The molecule has 2 rings (SSSR count). The molecule has 0 aromatic heterocycles. The Morgan fingerprint density at radius 3 is 2.75 bits per heavy atom. The van der Waals surface area contributed by atoms with E-state index in [9.17, 15) is 0 Å². The van der Waals surface area contributed by atoms with E-state index in [0.717, 1.165) is 10.00 Å². The lowest BCUT2D eigenvalue weighted by Gasteiger charge is -2.00. The smallest absolute Gasteiger partial charge is 0.0233 e. The van der Waals surface area contributed by atoms with Crippen LogP contribution in [0.2, 0.25) is 0 Å². The van der Waals surface area contributed by atoms with Crippen molar-refractivity contribution >= 4 is 23.5 Å². The number of rotatable bonds is 2. The monoisotopic (exact) mass is 146 g/mol. The SMILES string of the molecule is CC1(CC2CS2)CS1. The number of thioether (sulfide) groups is 2. The molecule has 2 saturated heterocycles. The Labute approximate surface area is 58.8 Å². The van der Waals surface area contributed by atoms with Gasteiger partial charge in [0.15, 0.2) is 0 Å². The Morgan fingerprint density at radius 2 is 2.38 bits per heavy atom. The van der Waals surface area contributed by atoms with Crippen molar-refractivity contribution in [1.82, 2.24) is 0 Å². The van der Waals surface area contributed by atoms with Gasteiger partial charge in [-0.3, -0.25) is 0 Å². The van der Waals surface area contributed by atoms with Crippen molar-refractivity contribution < 1.29 is 0 Å². The molecule has 8 heavy (non-hydrogen) atoms. The van der Waals surface area contributed by atoms with Crippen LogP contribution in [0.15, 0.2) is 0 Å². The van der Waals surface area contributed by atoms with Gasteiger partial charge in [0.05, 0.1) is 0 Å². The Morgan fingerprint density at radius 1 is 1.75 bits per heavy atom. The maximum atomic E-state index is 2.39. The van der Waals surface area contributed by atoms with E-state index in [-0.39, 0.29) is 0 Å². The lowest BCUT2D eigenvalue weighted by Crippen LogP contribution is -2.04. The summed E-state index contributed by atoms with van der Waals surface area (Å²) in [6.45, 7) is 2.39. The lowest BCUT2D eigenvalue weighted by molar-refractivity contribution is 0.726. The van der Waals surface area contributed by atoms with Crippen molar-refractivity contribution in [2.75, 3.05) is 11.5 Å². The molecule has 0 N–H and O–H groups in total. The summed E-state index contributed by atoms with van der Waals surface area (Å²) < 4.78 is 0.730. The van der Waals surface area contributed by atoms with Crippen LogP contribution < -0.4 is 0 Å². The molecule has 0 aromatic carbocycles. The van der Waals surface area contributed by atoms with Gasteiger partial charge in [0.1, 0.15) is 0 Å². The summed E-state index contributed by atoms with van der Waals surface area (Å²) in [6.07, 6.45) is 1.47. The summed E-state index contributed by atoms with van der Waals surface area (Å²) in [5, 5.41) is 1.05. The summed E-state index contributed by atoms with van der Waals surface area (Å²) in [4.78, 5) is 0. The molecule has 2 unspecified atom stereocenters. The van der Waals surface area contributed by atoms with Gasteiger partial charge in [-0.15, -0.1) is 0 Å². The van der Waals surface area contributed by atoms with E-state index < -0.39 is 0 Å². The van der Waals surface area contributed by atoms with Gasteiger partial charge in [-0.1, -0.05) is 0 Å². The highest BCUT2D eigenvalue weighted by atomic mass is 32.2. The van der Waals surface area contributed by atoms with Crippen molar-refractivity contribution in [2.24, 2.45) is 0 Å². The minimum Gasteiger partial charge on any atom is -0.157 e. The second-order valence-electron chi connectivity index (χ2n) is 2.90. The Bertz CT molecular complexity index is 103. The molecule has 2 fully saturated rings. The Kier molecular flexibility index (Phi) is 1.10. The highest BCUT2D eigenvalue weighted by Crippen LogP contribution is 2.52. The van der Waals surface area contributed by atoms with Crippen LogP contribution in [0.5, 0.6) is 0 Å². The summed E-state index contributed by atoms with van der Waals surface area (Å²) in [7, 11) is 0. The van der Waals surface area contributed by atoms with Crippen LogP contribution in [-0.2, 0) is 0 Å². The molecule has 2 heteroatoms. The third kappa shape index (κ3) is 1.16. The van der Waals surface area contributed by atoms with Crippen LogP contribution in [0.4, 0.5) is 0 Å². The predicted molar refractivity (Wildman–Crippen MR) is 41.7 cm³/mol. The van der Waals surface area contributed by atoms with E-state index in [1.54, 1.807) is 0 Å². The van der Waals surface area contributed by atoms with E-state index >= 15 is 0 Å². The highest BCUT2D eigenvalue weighted by Gasteiger charge is 2.43. The average molecular weight is 146 g/mol. The van der Waals surface area contributed by atoms with E-state index in [0.29, 0.717) is 0 Å². The third-order valence-corrected chi connectivity index (χ3v) is 4.11. The van der Waals surface area contributed by atoms with Crippen molar-refractivity contribution in [3.05, 3.63) is 0 Å². The Hall–Kier alpha value is 0.700. The average Bonchev–Trinajstić information content (AvgIpc) is 2.49. The molecule has 2 aliphatic heterocycles. The minimum absolute atomic E-state index is 0.730. The molecule has 0 radical (unpaired) electrons. The first-order valence-electron chi connectivity index (χ1n) is 3.04. The topological polar surface area (TPSA) is 0 Å². The van der Waals surface area contributed by atoms with E-state index in [2.05, 4.69) is 30.4 Å². The van der Waals surface area contributed by atoms with Crippen LogP contribution in [-0.4, -0.2) is 21.5 Å². The quantitative estimate of drug-likeness (QED) is 0.546. The molecule has 0 bridgehead atoms. The molecule has 46 valence electrons. The zero-order valence-electron chi connectivity index (χ0n) is 5.02. The molecule has 2 heterocycles. The van der Waals surface area contributed by atoms with Gasteiger partial charge in [-0.2, -0.15) is 23.5 Å². The van der Waals surface area contributed by atoms with Gasteiger partial charge in [0, 0.05) is 21.5 Å². The zero-order valence-corrected chi connectivity index (χ0v) is 6.65. The summed E-state index contributed by atoms with van der Waals surface area (Å²) in [5.41, 5.74) is 0. The fourth-order valence-corrected chi connectivity index (χ4v) is 2.44. The number of hydrogen-bond donors (Lipinski definition) is 0. The van der Waals surface area contributed by atoms with Crippen LogP contribution in [0, 0.1) is 0 Å². The molecule has 2 aliphatic rings. The van der Waals surface area contributed by atoms with Crippen LogP contribution in [0.3, 0.4) is 0 Å². The molecule has 0 amide bonds. The molecule has 2 atom stereocenters. The van der Waals surface area contributed by atoms with Gasteiger partial charge < -0.3 is 0 Å². The molecule has 0 aliphatic carbocycles. The fourth-order valence-electron chi connectivity index (χ4n) is 0.909. The van der Waals surface area contributed by atoms with Crippen molar-refractivity contribution in [1.29, 1.82) is 0 Å². The third-order valence-electron chi connectivity index (χ3n) is 1.70. The lowest BCUT2D eigenvalue weighted by atomic mass is 10.1. The second kappa shape index (κ2) is 1.60. The second-order valence-corrected chi connectivity index (χ2v) is 5.79. The molecular formula is C6H10S2. The zero-order chi connectivity index (χ0) is 5.61. The fraction of sp³-hybridized carbons (Fsp3) is 1.00.